The number of likely N-dealkylation sites (N-methyl/N-ethyl adjacent to an activating group) is 1. The van der Waals surface area contributed by atoms with E-state index in [4.69, 9.17) is 0 Å². The maximum atomic E-state index is 12.5. The van der Waals surface area contributed by atoms with Crippen molar-refractivity contribution in [1.82, 2.24) is 10.2 Å². The molecule has 0 aromatic heterocycles. The molecule has 1 amide bonds. The fourth-order valence-electron chi connectivity index (χ4n) is 1.90. The largest absolute Gasteiger partial charge is 0.376 e. The number of hydrogen-bond acceptors (Lipinski definition) is 5. The van der Waals surface area contributed by atoms with Crippen LogP contribution in [0.15, 0.2) is 24.3 Å². The van der Waals surface area contributed by atoms with E-state index in [0.29, 0.717) is 12.1 Å². The van der Waals surface area contributed by atoms with Gasteiger partial charge in [0.25, 0.3) is 11.6 Å². The second kappa shape index (κ2) is 7.33. The smallest absolute Gasteiger partial charge is 0.269 e. The van der Waals surface area contributed by atoms with Crippen molar-refractivity contribution in [1.29, 1.82) is 0 Å². The van der Waals surface area contributed by atoms with E-state index in [0.717, 1.165) is 6.42 Å². The quantitative estimate of drug-likeness (QED) is 0.454. The normalized spacial score (nSPS) is 12.8. The van der Waals surface area contributed by atoms with Gasteiger partial charge in [0.05, 0.1) is 10.5 Å². The maximum absolute atomic E-state index is 12.5. The maximum Gasteiger partial charge on any atom is 0.269 e. The van der Waals surface area contributed by atoms with E-state index in [2.05, 4.69) is 5.32 Å². The molecule has 1 atom stereocenters. The highest BCUT2D eigenvalue weighted by Crippen LogP contribution is 2.20. The van der Waals surface area contributed by atoms with Crippen LogP contribution in [0.3, 0.4) is 0 Å². The first-order valence-corrected chi connectivity index (χ1v) is 7.15. The molecule has 1 aromatic rings. The number of rotatable bonds is 7. The minimum Gasteiger partial charge on any atom is -0.376 e. The van der Waals surface area contributed by atoms with E-state index in [-0.39, 0.29) is 11.6 Å². The topological polar surface area (TPSA) is 95.7 Å². The number of nitro groups is 1. The number of carbonyl (C=O) groups excluding carboxylic acids is 1. The van der Waals surface area contributed by atoms with Gasteiger partial charge in [0.1, 0.15) is 6.23 Å². The van der Waals surface area contributed by atoms with Crippen molar-refractivity contribution in [2.24, 2.45) is 0 Å². The summed E-state index contributed by atoms with van der Waals surface area (Å²) in [5, 5.41) is 23.8. The SMILES string of the molecule is CCCNC(O)C(C)(C)N(C)C(=O)c1ccc([N+](=O)[O-])cc1. The summed E-state index contributed by atoms with van der Waals surface area (Å²) in [6, 6.07) is 5.41. The highest BCUT2D eigenvalue weighted by atomic mass is 16.6. The summed E-state index contributed by atoms with van der Waals surface area (Å²) in [6.45, 7) is 6.13. The van der Waals surface area contributed by atoms with Crippen LogP contribution in [0.2, 0.25) is 0 Å². The zero-order chi connectivity index (χ0) is 16.9. The molecule has 122 valence electrons. The molecule has 0 bridgehead atoms. The standard InChI is InChI=1S/C15H23N3O4/c1-5-10-16-14(20)15(2,3)17(4)13(19)11-6-8-12(9-7-11)18(21)22/h6-9,14,16,20H,5,10H2,1-4H3. The van der Waals surface area contributed by atoms with Gasteiger partial charge in [-0.05, 0) is 38.9 Å². The van der Waals surface area contributed by atoms with Crippen LogP contribution in [0.5, 0.6) is 0 Å². The van der Waals surface area contributed by atoms with Crippen molar-refractivity contribution in [2.45, 2.75) is 39.0 Å². The summed E-state index contributed by atoms with van der Waals surface area (Å²) in [5.41, 5.74) is -0.555. The Hall–Kier alpha value is -1.99. The fourth-order valence-corrected chi connectivity index (χ4v) is 1.90. The number of non-ortho nitro benzene ring substituents is 1. The molecule has 1 aromatic carbocycles. The Labute approximate surface area is 130 Å². The Balaban J connectivity index is 2.88. The van der Waals surface area contributed by atoms with E-state index in [9.17, 15) is 20.0 Å². The van der Waals surface area contributed by atoms with E-state index < -0.39 is 16.7 Å². The van der Waals surface area contributed by atoms with Crippen LogP contribution < -0.4 is 5.32 Å². The van der Waals surface area contributed by atoms with E-state index in [1.54, 1.807) is 20.9 Å². The first kappa shape index (κ1) is 18.1. The first-order chi connectivity index (χ1) is 10.2. The van der Waals surface area contributed by atoms with E-state index in [1.165, 1.54) is 29.2 Å². The Morgan fingerprint density at radius 2 is 1.95 bits per heavy atom. The molecule has 1 rings (SSSR count). The monoisotopic (exact) mass is 309 g/mol. The highest BCUT2D eigenvalue weighted by Gasteiger charge is 2.35. The van der Waals surface area contributed by atoms with Gasteiger partial charge < -0.3 is 10.0 Å². The minimum absolute atomic E-state index is 0.0666. The van der Waals surface area contributed by atoms with Crippen LogP contribution in [0, 0.1) is 10.1 Å². The Morgan fingerprint density at radius 1 is 1.41 bits per heavy atom. The van der Waals surface area contributed by atoms with E-state index in [1.807, 2.05) is 6.92 Å². The molecule has 7 nitrogen and oxygen atoms in total. The predicted octanol–water partition coefficient (Wildman–Crippen LogP) is 1.76. The molecule has 0 saturated carbocycles. The van der Waals surface area contributed by atoms with Crippen molar-refractivity contribution in [2.75, 3.05) is 13.6 Å². The van der Waals surface area contributed by atoms with Crippen LogP contribution in [0.4, 0.5) is 5.69 Å². The van der Waals surface area contributed by atoms with Crippen LogP contribution in [0.25, 0.3) is 0 Å². The first-order valence-electron chi connectivity index (χ1n) is 7.15. The van der Waals surface area contributed by atoms with Crippen LogP contribution in [0.1, 0.15) is 37.6 Å². The molecule has 0 aliphatic rings. The summed E-state index contributed by atoms with van der Waals surface area (Å²) in [7, 11) is 1.60. The zero-order valence-electron chi connectivity index (χ0n) is 13.4. The molecule has 1 unspecified atom stereocenters. The number of nitrogens with zero attached hydrogens (tertiary/aromatic N) is 2. The predicted molar refractivity (Wildman–Crippen MR) is 83.6 cm³/mol. The lowest BCUT2D eigenvalue weighted by atomic mass is 9.99. The number of hydrogen-bond donors (Lipinski definition) is 2. The summed E-state index contributed by atoms with van der Waals surface area (Å²) in [6.07, 6.45) is -0.00730. The van der Waals surface area contributed by atoms with Crippen molar-refractivity contribution in [3.63, 3.8) is 0 Å². The third-order valence-corrected chi connectivity index (χ3v) is 3.75. The number of benzene rings is 1. The Bertz CT molecular complexity index is 528. The number of carbonyl (C=O) groups is 1. The second-order valence-electron chi connectivity index (χ2n) is 5.68. The third-order valence-electron chi connectivity index (χ3n) is 3.75. The van der Waals surface area contributed by atoms with Crippen molar-refractivity contribution < 1.29 is 14.8 Å². The summed E-state index contributed by atoms with van der Waals surface area (Å²) >= 11 is 0. The van der Waals surface area contributed by atoms with Gasteiger partial charge in [-0.2, -0.15) is 0 Å². The number of nitro benzene ring substituents is 1. The Kier molecular flexibility index (Phi) is 6.01. The summed E-state index contributed by atoms with van der Waals surface area (Å²) in [5.74, 6) is -0.308. The fraction of sp³-hybridized carbons (Fsp3) is 0.533. The van der Waals surface area contributed by atoms with Crippen molar-refractivity contribution in [3.05, 3.63) is 39.9 Å². The Morgan fingerprint density at radius 3 is 2.41 bits per heavy atom. The molecule has 2 N–H and O–H groups in total. The van der Waals surface area contributed by atoms with Gasteiger partial charge in [-0.1, -0.05) is 6.92 Å². The molecule has 0 fully saturated rings. The molecular weight excluding hydrogens is 286 g/mol. The van der Waals surface area contributed by atoms with Gasteiger partial charge in [0.15, 0.2) is 0 Å². The average Bonchev–Trinajstić information content (AvgIpc) is 2.50. The lowest BCUT2D eigenvalue weighted by Crippen LogP contribution is -2.58. The second-order valence-corrected chi connectivity index (χ2v) is 5.68. The summed E-state index contributed by atoms with van der Waals surface area (Å²) < 4.78 is 0. The van der Waals surface area contributed by atoms with Gasteiger partial charge in [0, 0.05) is 24.7 Å². The molecule has 0 aliphatic heterocycles. The zero-order valence-corrected chi connectivity index (χ0v) is 13.4. The van der Waals surface area contributed by atoms with Crippen molar-refractivity contribution >= 4 is 11.6 Å². The van der Waals surface area contributed by atoms with Gasteiger partial charge in [0.2, 0.25) is 0 Å². The molecular formula is C15H23N3O4. The van der Waals surface area contributed by atoms with Gasteiger partial charge >= 0.3 is 0 Å². The molecule has 0 spiro atoms. The van der Waals surface area contributed by atoms with Crippen LogP contribution in [-0.2, 0) is 0 Å². The third kappa shape index (κ3) is 4.02. The number of nitrogens with one attached hydrogen (secondary N) is 1. The average molecular weight is 309 g/mol. The van der Waals surface area contributed by atoms with Crippen LogP contribution in [-0.4, -0.2) is 46.2 Å². The van der Waals surface area contributed by atoms with Gasteiger partial charge in [-0.3, -0.25) is 20.2 Å². The molecule has 0 heterocycles. The highest BCUT2D eigenvalue weighted by molar-refractivity contribution is 5.94. The molecule has 0 saturated heterocycles. The van der Waals surface area contributed by atoms with Gasteiger partial charge in [-0.25, -0.2) is 0 Å². The van der Waals surface area contributed by atoms with Crippen LogP contribution >= 0.6 is 0 Å². The molecule has 7 heteroatoms. The molecule has 0 radical (unpaired) electrons. The molecule has 22 heavy (non-hydrogen) atoms. The van der Waals surface area contributed by atoms with E-state index >= 15 is 0 Å². The lowest BCUT2D eigenvalue weighted by Gasteiger charge is -2.39. The molecule has 0 aliphatic carbocycles. The number of aliphatic hydroxyl groups is 1. The summed E-state index contributed by atoms with van der Waals surface area (Å²) in [4.78, 5) is 24.0. The lowest BCUT2D eigenvalue weighted by molar-refractivity contribution is -0.384. The number of amides is 1. The minimum atomic E-state index is -0.876. The van der Waals surface area contributed by atoms with Crippen molar-refractivity contribution in [3.8, 4) is 0 Å². The number of aliphatic hydroxyl groups excluding tert-OH is 1. The van der Waals surface area contributed by atoms with Gasteiger partial charge in [-0.15, -0.1) is 0 Å².